The number of nitrogen functional groups attached to an aromatic ring is 1. The van der Waals surface area contributed by atoms with Gasteiger partial charge in [-0.3, -0.25) is 9.78 Å². The van der Waals surface area contributed by atoms with Crippen molar-refractivity contribution in [1.29, 1.82) is 0 Å². The van der Waals surface area contributed by atoms with Gasteiger partial charge in [-0.25, -0.2) is 4.98 Å². The van der Waals surface area contributed by atoms with Crippen LogP contribution in [0, 0.1) is 0 Å². The molecule has 1 fully saturated rings. The lowest BCUT2D eigenvalue weighted by atomic mass is 9.99. The molecule has 0 spiro atoms. The van der Waals surface area contributed by atoms with E-state index in [0.29, 0.717) is 30.8 Å². The van der Waals surface area contributed by atoms with Crippen molar-refractivity contribution in [2.45, 2.75) is 63.6 Å². The molecule has 2 aliphatic rings. The van der Waals surface area contributed by atoms with Gasteiger partial charge in [-0.1, -0.05) is 6.07 Å². The number of alkyl halides is 3. The molecular weight excluding hydrogens is 491 g/mol. The summed E-state index contributed by atoms with van der Waals surface area (Å²) in [4.78, 5) is 21.2. The first-order chi connectivity index (χ1) is 17.5. The molecule has 1 saturated heterocycles. The number of benzene rings is 1. The zero-order valence-electron chi connectivity index (χ0n) is 20.9. The van der Waals surface area contributed by atoms with Gasteiger partial charge < -0.3 is 30.9 Å². The van der Waals surface area contributed by atoms with Gasteiger partial charge in [0.1, 0.15) is 18.0 Å². The Labute approximate surface area is 213 Å². The van der Waals surface area contributed by atoms with E-state index in [2.05, 4.69) is 40.1 Å². The van der Waals surface area contributed by atoms with Crippen LogP contribution in [0.25, 0.3) is 0 Å². The Hall–Kier alpha value is -2.80. The first kappa shape index (κ1) is 28.8. The Morgan fingerprint density at radius 3 is 2.54 bits per heavy atom. The largest absolute Gasteiger partial charge is 0.434 e. The Balaban J connectivity index is 0.000000289. The van der Waals surface area contributed by atoms with Crippen molar-refractivity contribution < 1.29 is 32.9 Å². The third kappa shape index (κ3) is 8.09. The summed E-state index contributed by atoms with van der Waals surface area (Å²) in [7, 11) is 0. The Morgan fingerprint density at radius 1 is 1.22 bits per heavy atom. The molecule has 3 heterocycles. The first-order valence-electron chi connectivity index (χ1n) is 12.2. The van der Waals surface area contributed by atoms with Crippen LogP contribution >= 0.6 is 0 Å². The number of hydrogen-bond donors (Lipinski definition) is 4. The van der Waals surface area contributed by atoms with Crippen LogP contribution in [0.1, 0.15) is 47.4 Å². The molecule has 0 radical (unpaired) electrons. The molecule has 3 atom stereocenters. The van der Waals surface area contributed by atoms with Gasteiger partial charge in [0.15, 0.2) is 5.69 Å². The minimum absolute atomic E-state index is 0.173. The number of ether oxygens (including phenoxy) is 1. The maximum atomic E-state index is 12.5. The number of carbonyl (C=O) groups excluding carboxylic acids is 1. The molecule has 2 aromatic rings. The minimum Gasteiger partial charge on any atom is -0.390 e. The summed E-state index contributed by atoms with van der Waals surface area (Å²) >= 11 is 0. The summed E-state index contributed by atoms with van der Waals surface area (Å²) in [5, 5.41) is 22.5. The second-order valence-corrected chi connectivity index (χ2v) is 9.41. The molecule has 0 aliphatic carbocycles. The second kappa shape index (κ2) is 12.6. The quantitative estimate of drug-likeness (QED) is 0.475. The summed E-state index contributed by atoms with van der Waals surface area (Å²) in [6, 6.07) is 6.45. The van der Waals surface area contributed by atoms with Crippen LogP contribution in [-0.4, -0.2) is 81.6 Å². The van der Waals surface area contributed by atoms with Crippen LogP contribution in [-0.2, 0) is 23.8 Å². The van der Waals surface area contributed by atoms with Crippen LogP contribution < -0.4 is 11.1 Å². The third-order valence-electron chi connectivity index (χ3n) is 6.46. The number of hydrogen-bond acceptors (Lipinski definition) is 8. The molecule has 204 valence electrons. The summed E-state index contributed by atoms with van der Waals surface area (Å²) in [5.41, 5.74) is 7.10. The number of fused-ring (bicyclic) bond motifs is 1. The fourth-order valence-electron chi connectivity index (χ4n) is 4.25. The number of nitrogens with zero attached hydrogens (tertiary/aromatic N) is 3. The van der Waals surface area contributed by atoms with E-state index in [9.17, 15) is 28.2 Å². The Morgan fingerprint density at radius 2 is 1.92 bits per heavy atom. The number of halogens is 3. The highest BCUT2D eigenvalue weighted by Crippen LogP contribution is 2.27. The maximum Gasteiger partial charge on any atom is 0.434 e. The van der Waals surface area contributed by atoms with Crippen LogP contribution in [0.5, 0.6) is 0 Å². The molecule has 0 saturated carbocycles. The van der Waals surface area contributed by atoms with Gasteiger partial charge in [0.05, 0.1) is 18.5 Å². The number of rotatable bonds is 4. The smallest absolute Gasteiger partial charge is 0.390 e. The normalized spacial score (nSPS) is 22.4. The topological polar surface area (TPSA) is 134 Å². The Bertz CT molecular complexity index is 1050. The van der Waals surface area contributed by atoms with E-state index in [-0.39, 0.29) is 18.3 Å². The van der Waals surface area contributed by atoms with Gasteiger partial charge in [-0.2, -0.15) is 13.2 Å². The number of aliphatic hydroxyl groups excluding tert-OH is 2. The molecule has 3 unspecified atom stereocenters. The van der Waals surface area contributed by atoms with E-state index >= 15 is 0 Å². The van der Waals surface area contributed by atoms with Gasteiger partial charge in [0.2, 0.25) is 0 Å². The Kier molecular flexibility index (Phi) is 9.82. The number of nitrogens with one attached hydrogen (secondary N) is 1. The summed E-state index contributed by atoms with van der Waals surface area (Å²) < 4.78 is 40.9. The van der Waals surface area contributed by atoms with E-state index in [1.165, 1.54) is 11.1 Å². The highest BCUT2D eigenvalue weighted by atomic mass is 19.4. The minimum atomic E-state index is -4.47. The molecule has 1 aromatic heterocycles. The van der Waals surface area contributed by atoms with E-state index in [1.807, 2.05) is 12.1 Å². The number of aromatic nitrogens is 2. The number of nitrogens with two attached hydrogens (primary N) is 1. The SMILES string of the molecule is CC(C)N1CCc2ccc(C(=O)NCC3OCCC(O)C3O)cc2CC1.Nc1cncc(C(F)(F)F)n1. The van der Waals surface area contributed by atoms with Crippen molar-refractivity contribution in [3.63, 3.8) is 0 Å². The van der Waals surface area contributed by atoms with Gasteiger partial charge in [-0.05, 0) is 56.4 Å². The lowest BCUT2D eigenvalue weighted by Gasteiger charge is -2.32. The van der Waals surface area contributed by atoms with Crippen LogP contribution in [0.15, 0.2) is 30.6 Å². The lowest BCUT2D eigenvalue weighted by molar-refractivity contribution is -0.141. The number of carbonyl (C=O) groups is 1. The number of aliphatic hydroxyl groups is 2. The molecular formula is C25H34F3N5O4. The number of amides is 1. The molecule has 37 heavy (non-hydrogen) atoms. The average molecular weight is 526 g/mol. The van der Waals surface area contributed by atoms with Crippen LogP contribution in [0.4, 0.5) is 19.0 Å². The molecule has 1 aromatic carbocycles. The fourth-order valence-corrected chi connectivity index (χ4v) is 4.25. The van der Waals surface area contributed by atoms with Crippen molar-refractivity contribution in [3.05, 3.63) is 53.0 Å². The molecule has 2 aliphatic heterocycles. The predicted molar refractivity (Wildman–Crippen MR) is 131 cm³/mol. The molecule has 5 N–H and O–H groups in total. The van der Waals surface area contributed by atoms with E-state index in [0.717, 1.165) is 32.1 Å². The summed E-state index contributed by atoms with van der Waals surface area (Å²) in [6.07, 6.45) is -2.73. The molecule has 0 bridgehead atoms. The predicted octanol–water partition coefficient (Wildman–Crippen LogP) is 1.81. The van der Waals surface area contributed by atoms with Crippen molar-refractivity contribution in [1.82, 2.24) is 20.2 Å². The zero-order chi connectivity index (χ0) is 27.2. The summed E-state index contributed by atoms with van der Waals surface area (Å²) in [5.74, 6) is -0.409. The molecule has 9 nitrogen and oxygen atoms in total. The third-order valence-corrected chi connectivity index (χ3v) is 6.46. The average Bonchev–Trinajstić information content (AvgIpc) is 3.07. The highest BCUT2D eigenvalue weighted by Gasteiger charge is 2.33. The van der Waals surface area contributed by atoms with Crippen molar-refractivity contribution in [3.8, 4) is 0 Å². The monoisotopic (exact) mass is 525 g/mol. The molecule has 12 heteroatoms. The fraction of sp³-hybridized carbons (Fsp3) is 0.560. The van der Waals surface area contributed by atoms with E-state index in [1.54, 1.807) is 0 Å². The van der Waals surface area contributed by atoms with Gasteiger partial charge in [-0.15, -0.1) is 0 Å². The van der Waals surface area contributed by atoms with Crippen LogP contribution in [0.2, 0.25) is 0 Å². The van der Waals surface area contributed by atoms with Gasteiger partial charge in [0, 0.05) is 37.8 Å². The lowest BCUT2D eigenvalue weighted by Crippen LogP contribution is -2.49. The van der Waals surface area contributed by atoms with Crippen molar-refractivity contribution in [2.75, 3.05) is 32.0 Å². The van der Waals surface area contributed by atoms with Crippen molar-refractivity contribution in [2.24, 2.45) is 0 Å². The van der Waals surface area contributed by atoms with Crippen LogP contribution in [0.3, 0.4) is 0 Å². The molecule has 4 rings (SSSR count). The van der Waals surface area contributed by atoms with E-state index < -0.39 is 30.2 Å². The number of anilines is 1. The highest BCUT2D eigenvalue weighted by molar-refractivity contribution is 5.94. The van der Waals surface area contributed by atoms with Crippen molar-refractivity contribution >= 4 is 11.7 Å². The van der Waals surface area contributed by atoms with Gasteiger partial charge in [0.25, 0.3) is 5.91 Å². The standard InChI is InChI=1S/C20H30N2O4.C5H4F3N3/c1-13(2)22-8-5-14-3-4-16(11-15(14)6-9-22)20(25)21-12-18-19(24)17(23)7-10-26-18;6-5(7,8)3-1-10-2-4(9)11-3/h3-4,11,13,17-19,23-24H,5-10,12H2,1-2H3,(H,21,25);1-2H,(H2,9,11). The zero-order valence-corrected chi connectivity index (χ0v) is 20.9. The van der Waals surface area contributed by atoms with E-state index in [4.69, 9.17) is 10.5 Å². The maximum absolute atomic E-state index is 12.5. The second-order valence-electron chi connectivity index (χ2n) is 9.41. The van der Waals surface area contributed by atoms with Gasteiger partial charge >= 0.3 is 6.18 Å². The first-order valence-corrected chi connectivity index (χ1v) is 12.2. The molecule has 1 amide bonds. The summed E-state index contributed by atoms with van der Waals surface area (Å²) in [6.45, 7) is 7.07.